The first-order valence-corrected chi connectivity index (χ1v) is 6.13. The van der Waals surface area contributed by atoms with Crippen LogP contribution in [0.4, 0.5) is 0 Å². The van der Waals surface area contributed by atoms with Crippen molar-refractivity contribution < 1.29 is 9.53 Å². The molecule has 0 aromatic heterocycles. The normalized spacial score (nSPS) is 9.95. The highest BCUT2D eigenvalue weighted by atomic mass is 16.5. The summed E-state index contributed by atoms with van der Waals surface area (Å²) in [4.78, 5) is 11.4. The van der Waals surface area contributed by atoms with Gasteiger partial charge in [0.1, 0.15) is 0 Å². The highest BCUT2D eigenvalue weighted by molar-refractivity contribution is 5.77. The number of nitrogens with one attached hydrogen (secondary N) is 2. The molecular formula is C14H19N3O2. The summed E-state index contributed by atoms with van der Waals surface area (Å²) >= 11 is 0. The van der Waals surface area contributed by atoms with Crippen LogP contribution in [0.5, 0.6) is 0 Å². The topological polar surface area (TPSA) is 74.2 Å². The van der Waals surface area contributed by atoms with Crippen LogP contribution >= 0.6 is 0 Å². The Kier molecular flexibility index (Phi) is 6.58. The molecule has 0 fully saturated rings. The number of benzene rings is 1. The molecule has 19 heavy (non-hydrogen) atoms. The molecule has 0 saturated carbocycles. The van der Waals surface area contributed by atoms with E-state index in [0.717, 1.165) is 11.1 Å². The molecule has 0 aliphatic heterocycles. The van der Waals surface area contributed by atoms with Gasteiger partial charge in [0.05, 0.1) is 24.8 Å². The van der Waals surface area contributed by atoms with Crippen molar-refractivity contribution in [1.29, 1.82) is 5.26 Å². The number of rotatable bonds is 7. The van der Waals surface area contributed by atoms with Gasteiger partial charge in [0.15, 0.2) is 0 Å². The quantitative estimate of drug-likeness (QED) is 0.709. The summed E-state index contributed by atoms with van der Waals surface area (Å²) < 4.78 is 4.84. The van der Waals surface area contributed by atoms with Crippen LogP contribution < -0.4 is 10.6 Å². The van der Waals surface area contributed by atoms with Gasteiger partial charge in [0.2, 0.25) is 5.91 Å². The summed E-state index contributed by atoms with van der Waals surface area (Å²) in [6, 6.07) is 7.63. The number of nitriles is 1. The van der Waals surface area contributed by atoms with E-state index < -0.39 is 0 Å². The average molecular weight is 261 g/mol. The first-order chi connectivity index (χ1) is 9.17. The van der Waals surface area contributed by atoms with Crippen LogP contribution in [0.1, 0.15) is 16.7 Å². The van der Waals surface area contributed by atoms with Gasteiger partial charge in [0, 0.05) is 20.2 Å². The van der Waals surface area contributed by atoms with E-state index in [9.17, 15) is 4.79 Å². The highest BCUT2D eigenvalue weighted by Crippen LogP contribution is 2.09. The van der Waals surface area contributed by atoms with Gasteiger partial charge in [0.25, 0.3) is 0 Å². The molecule has 0 bridgehead atoms. The van der Waals surface area contributed by atoms with Crippen molar-refractivity contribution in [2.45, 2.75) is 13.5 Å². The molecule has 5 heteroatoms. The van der Waals surface area contributed by atoms with E-state index in [1.165, 1.54) is 0 Å². The number of carbonyl (C=O) groups is 1. The van der Waals surface area contributed by atoms with Gasteiger partial charge in [-0.1, -0.05) is 6.07 Å². The second kappa shape index (κ2) is 8.25. The number of amides is 1. The van der Waals surface area contributed by atoms with Gasteiger partial charge in [-0.2, -0.15) is 5.26 Å². The Morgan fingerprint density at radius 1 is 1.47 bits per heavy atom. The standard InChI is InChI=1S/C14H19N3O2/c1-11-7-12(8-15)3-4-13(11)9-16-10-14(18)17-5-6-19-2/h3-4,7,16H,5-6,9-10H2,1-2H3,(H,17,18). The van der Waals surface area contributed by atoms with Crippen molar-refractivity contribution in [3.05, 3.63) is 34.9 Å². The lowest BCUT2D eigenvalue weighted by Gasteiger charge is -2.08. The van der Waals surface area contributed by atoms with E-state index in [0.29, 0.717) is 25.3 Å². The fourth-order valence-corrected chi connectivity index (χ4v) is 1.63. The number of hydrogen-bond donors (Lipinski definition) is 2. The Labute approximate surface area is 113 Å². The third-order valence-electron chi connectivity index (χ3n) is 2.70. The first kappa shape index (κ1) is 15.2. The van der Waals surface area contributed by atoms with E-state index in [2.05, 4.69) is 16.7 Å². The summed E-state index contributed by atoms with van der Waals surface area (Å²) in [6.45, 7) is 3.86. The maximum Gasteiger partial charge on any atom is 0.234 e. The number of hydrogen-bond acceptors (Lipinski definition) is 4. The van der Waals surface area contributed by atoms with E-state index in [1.807, 2.05) is 19.1 Å². The van der Waals surface area contributed by atoms with Crippen LogP contribution in [-0.4, -0.2) is 32.7 Å². The lowest BCUT2D eigenvalue weighted by atomic mass is 10.1. The monoisotopic (exact) mass is 261 g/mol. The van der Waals surface area contributed by atoms with Crippen molar-refractivity contribution in [3.63, 3.8) is 0 Å². The second-order valence-corrected chi connectivity index (χ2v) is 4.20. The molecule has 102 valence electrons. The summed E-state index contributed by atoms with van der Waals surface area (Å²) in [5.41, 5.74) is 2.79. The molecule has 0 saturated heterocycles. The van der Waals surface area contributed by atoms with Crippen LogP contribution in [0.15, 0.2) is 18.2 Å². The minimum Gasteiger partial charge on any atom is -0.383 e. The zero-order valence-electron chi connectivity index (χ0n) is 11.3. The Hall–Kier alpha value is -1.90. The van der Waals surface area contributed by atoms with Gasteiger partial charge in [-0.05, 0) is 30.2 Å². The molecule has 2 N–H and O–H groups in total. The smallest absolute Gasteiger partial charge is 0.234 e. The summed E-state index contributed by atoms with van der Waals surface area (Å²) in [5.74, 6) is -0.0525. The van der Waals surface area contributed by atoms with E-state index in [1.54, 1.807) is 13.2 Å². The van der Waals surface area contributed by atoms with Crippen molar-refractivity contribution in [3.8, 4) is 6.07 Å². The number of methoxy groups -OCH3 is 1. The summed E-state index contributed by atoms with van der Waals surface area (Å²) in [6.07, 6.45) is 0. The maximum absolute atomic E-state index is 11.4. The zero-order chi connectivity index (χ0) is 14.1. The molecule has 5 nitrogen and oxygen atoms in total. The molecule has 0 spiro atoms. The van der Waals surface area contributed by atoms with Gasteiger partial charge in [-0.15, -0.1) is 0 Å². The number of aryl methyl sites for hydroxylation is 1. The third kappa shape index (κ3) is 5.51. The van der Waals surface area contributed by atoms with E-state index in [4.69, 9.17) is 10.00 Å². The van der Waals surface area contributed by atoms with Gasteiger partial charge >= 0.3 is 0 Å². The number of ether oxygens (including phenoxy) is 1. The van der Waals surface area contributed by atoms with Crippen molar-refractivity contribution in [2.75, 3.05) is 26.8 Å². The SMILES string of the molecule is COCCNC(=O)CNCc1ccc(C#N)cc1C. The van der Waals surface area contributed by atoms with Crippen molar-refractivity contribution in [1.82, 2.24) is 10.6 Å². The molecule has 0 aliphatic carbocycles. The van der Waals surface area contributed by atoms with Gasteiger partial charge in [-0.25, -0.2) is 0 Å². The van der Waals surface area contributed by atoms with Gasteiger partial charge in [-0.3, -0.25) is 4.79 Å². The van der Waals surface area contributed by atoms with Crippen LogP contribution in [0, 0.1) is 18.3 Å². The lowest BCUT2D eigenvalue weighted by Crippen LogP contribution is -2.35. The lowest BCUT2D eigenvalue weighted by molar-refractivity contribution is -0.120. The van der Waals surface area contributed by atoms with Crippen LogP contribution in [0.25, 0.3) is 0 Å². The minimum absolute atomic E-state index is 0.0525. The molecule has 0 unspecified atom stereocenters. The average Bonchev–Trinajstić information content (AvgIpc) is 2.41. The number of carbonyl (C=O) groups excluding carboxylic acids is 1. The minimum atomic E-state index is -0.0525. The van der Waals surface area contributed by atoms with Crippen molar-refractivity contribution in [2.24, 2.45) is 0 Å². The molecule has 0 heterocycles. The molecule has 0 atom stereocenters. The first-order valence-electron chi connectivity index (χ1n) is 6.13. The molecule has 1 amide bonds. The highest BCUT2D eigenvalue weighted by Gasteiger charge is 2.02. The molecular weight excluding hydrogens is 242 g/mol. The maximum atomic E-state index is 11.4. The second-order valence-electron chi connectivity index (χ2n) is 4.20. The predicted molar refractivity (Wildman–Crippen MR) is 72.5 cm³/mol. The summed E-state index contributed by atoms with van der Waals surface area (Å²) in [7, 11) is 1.60. The predicted octanol–water partition coefficient (Wildman–Crippen LogP) is 0.719. The Balaban J connectivity index is 2.33. The van der Waals surface area contributed by atoms with Crippen LogP contribution in [0.2, 0.25) is 0 Å². The van der Waals surface area contributed by atoms with Crippen LogP contribution in [-0.2, 0) is 16.1 Å². The van der Waals surface area contributed by atoms with E-state index >= 15 is 0 Å². The molecule has 0 aliphatic rings. The fourth-order valence-electron chi connectivity index (χ4n) is 1.63. The third-order valence-corrected chi connectivity index (χ3v) is 2.70. The molecule has 0 radical (unpaired) electrons. The Morgan fingerprint density at radius 3 is 2.89 bits per heavy atom. The number of nitrogens with zero attached hydrogens (tertiary/aromatic N) is 1. The van der Waals surface area contributed by atoms with Crippen molar-refractivity contribution >= 4 is 5.91 Å². The Morgan fingerprint density at radius 2 is 2.26 bits per heavy atom. The largest absolute Gasteiger partial charge is 0.383 e. The van der Waals surface area contributed by atoms with E-state index in [-0.39, 0.29) is 12.5 Å². The van der Waals surface area contributed by atoms with Crippen LogP contribution in [0.3, 0.4) is 0 Å². The molecule has 1 aromatic carbocycles. The molecule has 1 rings (SSSR count). The summed E-state index contributed by atoms with van der Waals surface area (Å²) in [5, 5.41) is 14.6. The van der Waals surface area contributed by atoms with Gasteiger partial charge < -0.3 is 15.4 Å². The Bertz CT molecular complexity index is 466. The fraction of sp³-hybridized carbons (Fsp3) is 0.429. The zero-order valence-corrected chi connectivity index (χ0v) is 11.3. The molecule has 1 aromatic rings.